The first kappa shape index (κ1) is 21.8. The third-order valence-corrected chi connectivity index (χ3v) is 5.71. The highest BCUT2D eigenvalue weighted by Gasteiger charge is 2.18. The number of aromatic nitrogens is 4. The molecular formula is C25H28FN5O. The topological polar surface area (TPSA) is 59.0 Å². The van der Waals surface area contributed by atoms with Crippen LogP contribution < -0.4 is 4.74 Å². The maximum absolute atomic E-state index is 14.9. The molecule has 2 aromatic carbocycles. The Labute approximate surface area is 187 Å². The molecule has 2 aromatic heterocycles. The molecule has 0 saturated heterocycles. The second-order valence-electron chi connectivity index (χ2n) is 8.03. The zero-order valence-electron chi connectivity index (χ0n) is 18.9. The van der Waals surface area contributed by atoms with E-state index >= 15 is 0 Å². The molecule has 0 aliphatic rings. The maximum atomic E-state index is 14.9. The summed E-state index contributed by atoms with van der Waals surface area (Å²) in [6, 6.07) is 14.8. The van der Waals surface area contributed by atoms with Gasteiger partial charge in [-0.15, -0.1) is 0 Å². The summed E-state index contributed by atoms with van der Waals surface area (Å²) in [5.41, 5.74) is 6.38. The van der Waals surface area contributed by atoms with E-state index in [0.717, 1.165) is 35.6 Å². The Morgan fingerprint density at radius 2 is 1.91 bits per heavy atom. The highest BCUT2D eigenvalue weighted by Crippen LogP contribution is 2.29. The number of para-hydroxylation sites is 1. The van der Waals surface area contributed by atoms with Gasteiger partial charge in [0.25, 0.3) is 0 Å². The van der Waals surface area contributed by atoms with Crippen molar-refractivity contribution in [2.45, 2.75) is 26.8 Å². The summed E-state index contributed by atoms with van der Waals surface area (Å²) in [4.78, 5) is 2.23. The van der Waals surface area contributed by atoms with E-state index in [1.54, 1.807) is 12.1 Å². The van der Waals surface area contributed by atoms with Gasteiger partial charge in [-0.2, -0.15) is 10.2 Å². The maximum Gasteiger partial charge on any atom is 0.136 e. The Kier molecular flexibility index (Phi) is 6.37. The van der Waals surface area contributed by atoms with Crippen LogP contribution in [0.2, 0.25) is 0 Å². The number of halogens is 1. The first-order valence-electron chi connectivity index (χ1n) is 10.6. The molecule has 0 fully saturated rings. The average Bonchev–Trinajstić information content (AvgIpc) is 3.35. The van der Waals surface area contributed by atoms with Gasteiger partial charge in [0.1, 0.15) is 17.3 Å². The van der Waals surface area contributed by atoms with Crippen LogP contribution in [-0.2, 0) is 13.0 Å². The molecule has 4 aromatic rings. The summed E-state index contributed by atoms with van der Waals surface area (Å²) in [7, 11) is 3.60. The predicted octanol–water partition coefficient (Wildman–Crippen LogP) is 4.70. The molecule has 166 valence electrons. The van der Waals surface area contributed by atoms with Crippen molar-refractivity contribution in [3.63, 3.8) is 0 Å². The van der Waals surface area contributed by atoms with Crippen molar-refractivity contribution >= 4 is 0 Å². The zero-order chi connectivity index (χ0) is 22.7. The predicted molar refractivity (Wildman–Crippen MR) is 124 cm³/mol. The SMILES string of the molecule is COc1ccc(-c2nn(-c3ccccc3)cc2CN(C)CCc2c(C)n[nH]c2C)c(F)c1. The lowest BCUT2D eigenvalue weighted by Gasteiger charge is -2.17. The lowest BCUT2D eigenvalue weighted by Crippen LogP contribution is -2.21. The fraction of sp³-hybridized carbons (Fsp3) is 0.280. The van der Waals surface area contributed by atoms with Crippen LogP contribution in [0.4, 0.5) is 4.39 Å². The van der Waals surface area contributed by atoms with Gasteiger partial charge in [-0.1, -0.05) is 18.2 Å². The molecule has 32 heavy (non-hydrogen) atoms. The van der Waals surface area contributed by atoms with Gasteiger partial charge in [-0.25, -0.2) is 9.07 Å². The molecule has 0 saturated carbocycles. The second-order valence-corrected chi connectivity index (χ2v) is 8.03. The smallest absolute Gasteiger partial charge is 0.136 e. The van der Waals surface area contributed by atoms with Gasteiger partial charge in [0, 0.05) is 42.2 Å². The van der Waals surface area contributed by atoms with E-state index in [2.05, 4.69) is 22.1 Å². The standard InChI is InChI=1S/C25H28FN5O/c1-17-22(18(2)28-27-17)12-13-30(3)15-19-16-31(20-8-6-5-7-9-20)29-25(19)23-11-10-21(32-4)14-24(23)26/h5-11,14,16H,12-13,15H2,1-4H3,(H,27,28). The monoisotopic (exact) mass is 433 g/mol. The Bertz CT molecular complexity index is 1180. The molecule has 0 aliphatic carbocycles. The van der Waals surface area contributed by atoms with Crippen molar-refractivity contribution in [2.24, 2.45) is 0 Å². The van der Waals surface area contributed by atoms with Crippen molar-refractivity contribution < 1.29 is 9.13 Å². The van der Waals surface area contributed by atoms with Gasteiger partial charge >= 0.3 is 0 Å². The summed E-state index contributed by atoms with van der Waals surface area (Å²) in [5, 5.41) is 12.1. The number of aromatic amines is 1. The second kappa shape index (κ2) is 9.36. The number of ether oxygens (including phenoxy) is 1. The van der Waals surface area contributed by atoms with Crippen LogP contribution in [0.5, 0.6) is 5.75 Å². The quantitative estimate of drug-likeness (QED) is 0.438. The first-order valence-corrected chi connectivity index (χ1v) is 10.6. The Morgan fingerprint density at radius 1 is 1.12 bits per heavy atom. The van der Waals surface area contributed by atoms with E-state index in [-0.39, 0.29) is 5.82 Å². The molecule has 0 amide bonds. The van der Waals surface area contributed by atoms with E-state index in [4.69, 9.17) is 9.84 Å². The molecular weight excluding hydrogens is 405 g/mol. The molecule has 0 spiro atoms. The van der Waals surface area contributed by atoms with Crippen LogP contribution in [0.1, 0.15) is 22.5 Å². The van der Waals surface area contributed by atoms with E-state index in [9.17, 15) is 4.39 Å². The number of nitrogens with zero attached hydrogens (tertiary/aromatic N) is 4. The molecule has 4 rings (SSSR count). The lowest BCUT2D eigenvalue weighted by molar-refractivity contribution is 0.331. The Morgan fingerprint density at radius 3 is 2.56 bits per heavy atom. The van der Waals surface area contributed by atoms with Crippen LogP contribution >= 0.6 is 0 Å². The average molecular weight is 434 g/mol. The zero-order valence-corrected chi connectivity index (χ0v) is 18.9. The van der Waals surface area contributed by atoms with Gasteiger partial charge in [0.15, 0.2) is 0 Å². The summed E-state index contributed by atoms with van der Waals surface area (Å²) >= 11 is 0. The fourth-order valence-corrected chi connectivity index (χ4v) is 3.89. The minimum absolute atomic E-state index is 0.351. The lowest BCUT2D eigenvalue weighted by atomic mass is 10.1. The van der Waals surface area contributed by atoms with Crippen molar-refractivity contribution in [2.75, 3.05) is 20.7 Å². The molecule has 6 nitrogen and oxygen atoms in total. The summed E-state index contributed by atoms with van der Waals surface area (Å²) < 4.78 is 21.9. The molecule has 0 aliphatic heterocycles. The number of nitrogens with one attached hydrogen (secondary N) is 1. The third kappa shape index (κ3) is 4.57. The van der Waals surface area contributed by atoms with Crippen molar-refractivity contribution in [3.8, 4) is 22.7 Å². The Balaban J connectivity index is 1.63. The van der Waals surface area contributed by atoms with E-state index in [1.807, 2.05) is 55.1 Å². The van der Waals surface area contributed by atoms with Crippen LogP contribution in [0, 0.1) is 19.7 Å². The van der Waals surface area contributed by atoms with Crippen molar-refractivity contribution in [1.82, 2.24) is 24.9 Å². The minimum atomic E-state index is -0.351. The fourth-order valence-electron chi connectivity index (χ4n) is 3.89. The normalized spacial score (nSPS) is 11.3. The first-order chi connectivity index (χ1) is 15.5. The van der Waals surface area contributed by atoms with Crippen LogP contribution in [0.25, 0.3) is 16.9 Å². The molecule has 0 radical (unpaired) electrons. The third-order valence-electron chi connectivity index (χ3n) is 5.71. The van der Waals surface area contributed by atoms with Crippen LogP contribution in [-0.4, -0.2) is 45.6 Å². The van der Waals surface area contributed by atoms with E-state index < -0.39 is 0 Å². The molecule has 2 heterocycles. The highest BCUT2D eigenvalue weighted by atomic mass is 19.1. The number of hydrogen-bond donors (Lipinski definition) is 1. The van der Waals surface area contributed by atoms with E-state index in [1.165, 1.54) is 18.7 Å². The molecule has 0 bridgehead atoms. The molecule has 0 unspecified atom stereocenters. The van der Waals surface area contributed by atoms with Gasteiger partial charge in [0.2, 0.25) is 0 Å². The van der Waals surface area contributed by atoms with Crippen LogP contribution in [0.15, 0.2) is 54.7 Å². The molecule has 1 N–H and O–H groups in total. The number of methoxy groups -OCH3 is 1. The van der Waals surface area contributed by atoms with E-state index in [0.29, 0.717) is 23.6 Å². The number of rotatable bonds is 8. The Hall–Kier alpha value is -3.45. The van der Waals surface area contributed by atoms with Crippen molar-refractivity contribution in [3.05, 3.63) is 83.1 Å². The molecule has 0 atom stereocenters. The minimum Gasteiger partial charge on any atom is -0.497 e. The summed E-state index contributed by atoms with van der Waals surface area (Å²) in [6.07, 6.45) is 2.88. The number of benzene rings is 2. The van der Waals surface area contributed by atoms with Gasteiger partial charge in [-0.05, 0) is 57.1 Å². The molecule has 7 heteroatoms. The van der Waals surface area contributed by atoms with Crippen LogP contribution in [0.3, 0.4) is 0 Å². The van der Waals surface area contributed by atoms with Gasteiger partial charge < -0.3 is 9.64 Å². The van der Waals surface area contributed by atoms with Gasteiger partial charge in [0.05, 0.1) is 18.5 Å². The number of likely N-dealkylation sites (N-methyl/N-ethyl adjacent to an activating group) is 1. The van der Waals surface area contributed by atoms with Crippen molar-refractivity contribution in [1.29, 1.82) is 0 Å². The summed E-state index contributed by atoms with van der Waals surface area (Å²) in [5.74, 6) is 0.134. The number of hydrogen-bond acceptors (Lipinski definition) is 4. The largest absolute Gasteiger partial charge is 0.497 e. The van der Waals surface area contributed by atoms with Gasteiger partial charge in [-0.3, -0.25) is 5.10 Å². The number of aryl methyl sites for hydroxylation is 2. The number of H-pyrrole nitrogens is 1. The highest BCUT2D eigenvalue weighted by molar-refractivity contribution is 5.65. The summed E-state index contributed by atoms with van der Waals surface area (Å²) in [6.45, 7) is 5.56.